The molecule has 1 N–H and O–H groups in total. The monoisotopic (exact) mass is 331 g/mol. The maximum Gasteiger partial charge on any atom is 0.267 e. The average Bonchev–Trinajstić information content (AvgIpc) is 3.04. The van der Waals surface area contributed by atoms with E-state index in [2.05, 4.69) is 24.3 Å². The standard InChI is InChI=1S/C17H18FN3OS/c1-10(2)9-21-14(7-8-19-21)20-17(22)16-11(3)15-12(18)5-4-6-13(15)23-16/h4-8,10H,9H2,1-3H3,(H,20,22). The third-order valence-electron chi connectivity index (χ3n) is 3.61. The van der Waals surface area contributed by atoms with Crippen LogP contribution in [0.3, 0.4) is 0 Å². The molecule has 0 aliphatic carbocycles. The molecule has 6 heteroatoms. The Kier molecular flexibility index (Phi) is 4.17. The number of amides is 1. The minimum absolute atomic E-state index is 0.228. The molecule has 3 rings (SSSR count). The summed E-state index contributed by atoms with van der Waals surface area (Å²) in [5.41, 5.74) is 0.676. The Morgan fingerprint density at radius 3 is 2.87 bits per heavy atom. The maximum absolute atomic E-state index is 14.0. The number of nitrogens with one attached hydrogen (secondary N) is 1. The van der Waals surface area contributed by atoms with E-state index in [4.69, 9.17) is 0 Å². The highest BCUT2D eigenvalue weighted by atomic mass is 32.1. The molecule has 0 radical (unpaired) electrons. The predicted octanol–water partition coefficient (Wildman–Crippen LogP) is 4.45. The zero-order valence-corrected chi connectivity index (χ0v) is 14.1. The van der Waals surface area contributed by atoms with Crippen molar-refractivity contribution in [2.45, 2.75) is 27.3 Å². The second kappa shape index (κ2) is 6.12. The Morgan fingerprint density at radius 1 is 1.39 bits per heavy atom. The molecule has 0 aliphatic heterocycles. The van der Waals surface area contributed by atoms with Crippen molar-refractivity contribution in [3.05, 3.63) is 46.7 Å². The van der Waals surface area contributed by atoms with Crippen molar-refractivity contribution in [2.24, 2.45) is 5.92 Å². The zero-order chi connectivity index (χ0) is 16.6. The number of fused-ring (bicyclic) bond motifs is 1. The summed E-state index contributed by atoms with van der Waals surface area (Å²) in [4.78, 5) is 13.1. The molecule has 0 spiro atoms. The minimum atomic E-state index is -0.292. The van der Waals surface area contributed by atoms with Gasteiger partial charge in [-0.15, -0.1) is 11.3 Å². The molecule has 0 aliphatic rings. The SMILES string of the molecule is Cc1c(C(=O)Nc2ccnn2CC(C)C)sc2cccc(F)c12. The van der Waals surface area contributed by atoms with Crippen molar-refractivity contribution in [1.29, 1.82) is 0 Å². The summed E-state index contributed by atoms with van der Waals surface area (Å²) in [6, 6.07) is 6.67. The van der Waals surface area contributed by atoms with Gasteiger partial charge in [0, 0.05) is 22.7 Å². The van der Waals surface area contributed by atoms with Crippen LogP contribution in [0.1, 0.15) is 29.1 Å². The molecule has 0 saturated carbocycles. The van der Waals surface area contributed by atoms with E-state index >= 15 is 0 Å². The predicted molar refractivity (Wildman–Crippen MR) is 91.5 cm³/mol. The summed E-state index contributed by atoms with van der Waals surface area (Å²) in [6.07, 6.45) is 1.66. The first-order valence-corrected chi connectivity index (χ1v) is 8.29. The van der Waals surface area contributed by atoms with Crippen LogP contribution < -0.4 is 5.32 Å². The van der Waals surface area contributed by atoms with Crippen LogP contribution in [0.5, 0.6) is 0 Å². The highest BCUT2D eigenvalue weighted by Crippen LogP contribution is 2.33. The molecule has 23 heavy (non-hydrogen) atoms. The lowest BCUT2D eigenvalue weighted by atomic mass is 10.1. The van der Waals surface area contributed by atoms with Gasteiger partial charge in [0.2, 0.25) is 0 Å². The number of carbonyl (C=O) groups is 1. The van der Waals surface area contributed by atoms with Crippen molar-refractivity contribution in [3.8, 4) is 0 Å². The number of aromatic nitrogens is 2. The molecular weight excluding hydrogens is 313 g/mol. The van der Waals surface area contributed by atoms with Gasteiger partial charge in [-0.3, -0.25) is 4.79 Å². The molecule has 0 atom stereocenters. The lowest BCUT2D eigenvalue weighted by Crippen LogP contribution is -2.17. The van der Waals surface area contributed by atoms with Crippen LogP contribution in [0.2, 0.25) is 0 Å². The molecule has 0 unspecified atom stereocenters. The molecule has 4 nitrogen and oxygen atoms in total. The van der Waals surface area contributed by atoms with Crippen LogP contribution in [-0.2, 0) is 6.54 Å². The minimum Gasteiger partial charge on any atom is -0.306 e. The Balaban J connectivity index is 1.91. The Hall–Kier alpha value is -2.21. The fourth-order valence-electron chi connectivity index (χ4n) is 2.57. The lowest BCUT2D eigenvalue weighted by molar-refractivity contribution is 0.102. The summed E-state index contributed by atoms with van der Waals surface area (Å²) >= 11 is 1.31. The van der Waals surface area contributed by atoms with Crippen LogP contribution >= 0.6 is 11.3 Å². The molecule has 0 bridgehead atoms. The van der Waals surface area contributed by atoms with E-state index in [9.17, 15) is 9.18 Å². The first-order valence-electron chi connectivity index (χ1n) is 7.48. The molecule has 1 amide bonds. The summed E-state index contributed by atoms with van der Waals surface area (Å²) in [7, 11) is 0. The molecule has 2 heterocycles. The van der Waals surface area contributed by atoms with Gasteiger partial charge in [-0.1, -0.05) is 19.9 Å². The van der Waals surface area contributed by atoms with Gasteiger partial charge in [0.15, 0.2) is 0 Å². The van der Waals surface area contributed by atoms with Crippen LogP contribution in [0.4, 0.5) is 10.2 Å². The number of rotatable bonds is 4. The summed E-state index contributed by atoms with van der Waals surface area (Å²) < 4.78 is 16.5. The molecule has 120 valence electrons. The molecule has 0 saturated heterocycles. The van der Waals surface area contributed by atoms with E-state index in [1.54, 1.807) is 29.9 Å². The normalized spacial score (nSPS) is 11.3. The van der Waals surface area contributed by atoms with Gasteiger partial charge in [0.05, 0.1) is 11.1 Å². The largest absolute Gasteiger partial charge is 0.306 e. The summed E-state index contributed by atoms with van der Waals surface area (Å²) in [5.74, 6) is 0.556. The number of halogens is 1. The number of thiophene rings is 1. The quantitative estimate of drug-likeness (QED) is 0.767. The second-order valence-electron chi connectivity index (χ2n) is 5.92. The van der Waals surface area contributed by atoms with Gasteiger partial charge in [0.25, 0.3) is 5.91 Å². The summed E-state index contributed by atoms with van der Waals surface area (Å²) in [6.45, 7) is 6.68. The molecular formula is C17H18FN3OS. The van der Waals surface area contributed by atoms with Crippen molar-refractivity contribution in [1.82, 2.24) is 9.78 Å². The molecule has 3 aromatic rings. The van der Waals surface area contributed by atoms with Gasteiger partial charge in [-0.25, -0.2) is 9.07 Å². The fraction of sp³-hybridized carbons (Fsp3) is 0.294. The van der Waals surface area contributed by atoms with Crippen molar-refractivity contribution >= 4 is 33.1 Å². The topological polar surface area (TPSA) is 46.9 Å². The lowest BCUT2D eigenvalue weighted by Gasteiger charge is -2.10. The van der Waals surface area contributed by atoms with Gasteiger partial charge in [-0.05, 0) is 30.5 Å². The highest BCUT2D eigenvalue weighted by molar-refractivity contribution is 7.21. The van der Waals surface area contributed by atoms with E-state index < -0.39 is 0 Å². The van der Waals surface area contributed by atoms with Gasteiger partial charge in [-0.2, -0.15) is 5.10 Å². The maximum atomic E-state index is 14.0. The second-order valence-corrected chi connectivity index (χ2v) is 6.97. The number of hydrogen-bond donors (Lipinski definition) is 1. The van der Waals surface area contributed by atoms with Crippen molar-refractivity contribution in [3.63, 3.8) is 0 Å². The van der Waals surface area contributed by atoms with E-state index in [0.717, 1.165) is 11.2 Å². The molecule has 0 fully saturated rings. The van der Waals surface area contributed by atoms with Crippen molar-refractivity contribution in [2.75, 3.05) is 5.32 Å². The van der Waals surface area contributed by atoms with E-state index in [-0.39, 0.29) is 11.7 Å². The third kappa shape index (κ3) is 2.99. The van der Waals surface area contributed by atoms with Crippen LogP contribution in [0.15, 0.2) is 30.5 Å². The van der Waals surface area contributed by atoms with Crippen molar-refractivity contribution < 1.29 is 9.18 Å². The van der Waals surface area contributed by atoms with E-state index in [1.165, 1.54) is 17.4 Å². The Bertz CT molecular complexity index is 866. The van der Waals surface area contributed by atoms with E-state index in [1.807, 2.05) is 6.07 Å². The molecule has 1 aromatic carbocycles. The van der Waals surface area contributed by atoms with Gasteiger partial charge >= 0.3 is 0 Å². The number of hydrogen-bond acceptors (Lipinski definition) is 3. The van der Waals surface area contributed by atoms with Gasteiger partial charge < -0.3 is 5.32 Å². The Labute approximate surface area is 137 Å². The Morgan fingerprint density at radius 2 is 2.17 bits per heavy atom. The number of nitrogens with zero attached hydrogens (tertiary/aromatic N) is 2. The first-order chi connectivity index (χ1) is 11.0. The summed E-state index contributed by atoms with van der Waals surface area (Å²) in [5, 5.41) is 7.64. The number of benzene rings is 1. The highest BCUT2D eigenvalue weighted by Gasteiger charge is 2.19. The number of aryl methyl sites for hydroxylation is 1. The first kappa shape index (κ1) is 15.7. The van der Waals surface area contributed by atoms with Gasteiger partial charge in [0.1, 0.15) is 11.6 Å². The third-order valence-corrected chi connectivity index (χ3v) is 4.86. The number of carbonyl (C=O) groups excluding carboxylic acids is 1. The van der Waals surface area contributed by atoms with Crippen LogP contribution in [0.25, 0.3) is 10.1 Å². The fourth-order valence-corrected chi connectivity index (χ4v) is 3.69. The smallest absolute Gasteiger partial charge is 0.267 e. The average molecular weight is 331 g/mol. The van der Waals surface area contributed by atoms with Crippen LogP contribution in [-0.4, -0.2) is 15.7 Å². The zero-order valence-electron chi connectivity index (χ0n) is 13.3. The number of anilines is 1. The van der Waals surface area contributed by atoms with E-state index in [0.29, 0.717) is 27.6 Å². The van der Waals surface area contributed by atoms with Crippen LogP contribution in [0, 0.1) is 18.7 Å². The molecule has 2 aromatic heterocycles.